The highest BCUT2D eigenvalue weighted by atomic mass is 32.2. The number of carbonyl (C=O) groups is 1. The number of rotatable bonds is 9. The highest BCUT2D eigenvalue weighted by Crippen LogP contribution is 2.01. The van der Waals surface area contributed by atoms with Gasteiger partial charge in [0, 0.05) is 13.2 Å². The Morgan fingerprint density at radius 1 is 1.50 bits per heavy atom. The number of sulfonamides is 1. The highest BCUT2D eigenvalue weighted by molar-refractivity contribution is 7.89. The molecule has 6 nitrogen and oxygen atoms in total. The first-order valence-corrected chi connectivity index (χ1v) is 6.77. The summed E-state index contributed by atoms with van der Waals surface area (Å²) in [6.45, 7) is 2.23. The van der Waals surface area contributed by atoms with Crippen molar-refractivity contribution >= 4 is 16.0 Å². The number of nitrogens with one attached hydrogen (secondary N) is 1. The lowest BCUT2D eigenvalue weighted by atomic mass is 10.2. The molecule has 16 heavy (non-hydrogen) atoms. The van der Waals surface area contributed by atoms with E-state index in [0.29, 0.717) is 13.0 Å². The number of hydrogen-bond acceptors (Lipinski definition) is 4. The van der Waals surface area contributed by atoms with E-state index in [1.807, 2.05) is 6.92 Å². The van der Waals surface area contributed by atoms with Crippen molar-refractivity contribution < 1.29 is 23.1 Å². The van der Waals surface area contributed by atoms with E-state index >= 15 is 0 Å². The molecule has 0 spiro atoms. The van der Waals surface area contributed by atoms with Crippen LogP contribution in [0.15, 0.2) is 0 Å². The monoisotopic (exact) mass is 253 g/mol. The second kappa shape index (κ2) is 7.59. The van der Waals surface area contributed by atoms with Crippen molar-refractivity contribution in [3.8, 4) is 0 Å². The molecule has 0 rings (SSSR count). The summed E-state index contributed by atoms with van der Waals surface area (Å²) in [5.41, 5.74) is 0. The van der Waals surface area contributed by atoms with E-state index in [1.54, 1.807) is 0 Å². The largest absolute Gasteiger partial charge is 0.481 e. The first-order chi connectivity index (χ1) is 7.41. The zero-order valence-electron chi connectivity index (χ0n) is 9.60. The summed E-state index contributed by atoms with van der Waals surface area (Å²) in [5, 5.41) is 8.40. The number of ether oxygens (including phenoxy) is 1. The van der Waals surface area contributed by atoms with Gasteiger partial charge in [-0.05, 0) is 6.42 Å². The molecule has 0 aliphatic rings. The maximum Gasteiger partial charge on any atom is 0.304 e. The van der Waals surface area contributed by atoms with Gasteiger partial charge >= 0.3 is 5.97 Å². The zero-order chi connectivity index (χ0) is 12.6. The summed E-state index contributed by atoms with van der Waals surface area (Å²) < 4.78 is 30.2. The van der Waals surface area contributed by atoms with Gasteiger partial charge in [-0.1, -0.05) is 13.3 Å². The van der Waals surface area contributed by atoms with Gasteiger partial charge in [0.15, 0.2) is 0 Å². The third-order valence-electron chi connectivity index (χ3n) is 1.94. The van der Waals surface area contributed by atoms with Crippen molar-refractivity contribution in [1.82, 2.24) is 4.72 Å². The molecule has 0 saturated carbocycles. The molecule has 0 heterocycles. The van der Waals surface area contributed by atoms with Crippen LogP contribution in [0.1, 0.15) is 26.2 Å². The number of methoxy groups -OCH3 is 1. The van der Waals surface area contributed by atoms with Crippen molar-refractivity contribution in [1.29, 1.82) is 0 Å². The second-order valence-corrected chi connectivity index (χ2v) is 5.39. The van der Waals surface area contributed by atoms with Gasteiger partial charge in [0.05, 0.1) is 18.8 Å². The minimum atomic E-state index is -3.53. The van der Waals surface area contributed by atoms with Gasteiger partial charge in [-0.15, -0.1) is 0 Å². The lowest BCUT2D eigenvalue weighted by Gasteiger charge is -2.16. The average molecular weight is 253 g/mol. The molecule has 0 bridgehead atoms. The number of hydrogen-bond donors (Lipinski definition) is 2. The van der Waals surface area contributed by atoms with Gasteiger partial charge in [0.25, 0.3) is 0 Å². The number of carboxylic acids is 1. The zero-order valence-corrected chi connectivity index (χ0v) is 10.4. The van der Waals surface area contributed by atoms with E-state index in [9.17, 15) is 13.2 Å². The molecule has 0 aliphatic heterocycles. The lowest BCUT2D eigenvalue weighted by Crippen LogP contribution is -2.39. The maximum absolute atomic E-state index is 11.5. The van der Waals surface area contributed by atoms with Crippen molar-refractivity contribution in [3.05, 3.63) is 0 Å². The van der Waals surface area contributed by atoms with Crippen molar-refractivity contribution in [2.45, 2.75) is 32.2 Å². The summed E-state index contributed by atoms with van der Waals surface area (Å²) in [6.07, 6.45) is 1.11. The van der Waals surface area contributed by atoms with Gasteiger partial charge in [0.2, 0.25) is 10.0 Å². The van der Waals surface area contributed by atoms with E-state index < -0.39 is 21.7 Å². The topological polar surface area (TPSA) is 92.7 Å². The molecule has 0 saturated heterocycles. The van der Waals surface area contributed by atoms with Crippen LogP contribution in [-0.2, 0) is 19.6 Å². The summed E-state index contributed by atoms with van der Waals surface area (Å²) in [6, 6.07) is -0.284. The Hall–Kier alpha value is -0.660. The minimum Gasteiger partial charge on any atom is -0.481 e. The van der Waals surface area contributed by atoms with Crippen LogP contribution in [0.5, 0.6) is 0 Å². The van der Waals surface area contributed by atoms with E-state index in [0.717, 1.165) is 6.42 Å². The Morgan fingerprint density at radius 2 is 2.12 bits per heavy atom. The van der Waals surface area contributed by atoms with E-state index in [-0.39, 0.29) is 12.5 Å². The van der Waals surface area contributed by atoms with Gasteiger partial charge < -0.3 is 9.84 Å². The fourth-order valence-electron chi connectivity index (χ4n) is 1.26. The third-order valence-corrected chi connectivity index (χ3v) is 3.37. The smallest absolute Gasteiger partial charge is 0.304 e. The van der Waals surface area contributed by atoms with Crippen LogP contribution in [-0.4, -0.2) is 45.0 Å². The highest BCUT2D eigenvalue weighted by Gasteiger charge is 2.18. The maximum atomic E-state index is 11.5. The van der Waals surface area contributed by atoms with Crippen LogP contribution >= 0.6 is 0 Å². The van der Waals surface area contributed by atoms with Gasteiger partial charge in [-0.3, -0.25) is 4.79 Å². The average Bonchev–Trinajstić information content (AvgIpc) is 2.15. The fraction of sp³-hybridized carbons (Fsp3) is 0.889. The first kappa shape index (κ1) is 15.3. The second-order valence-electron chi connectivity index (χ2n) is 3.52. The summed E-state index contributed by atoms with van der Waals surface area (Å²) in [4.78, 5) is 10.3. The van der Waals surface area contributed by atoms with Crippen molar-refractivity contribution in [2.24, 2.45) is 0 Å². The molecular weight excluding hydrogens is 234 g/mol. The molecule has 0 fully saturated rings. The molecule has 0 aromatic rings. The number of aliphatic carboxylic acids is 1. The predicted molar refractivity (Wildman–Crippen MR) is 59.7 cm³/mol. The summed E-state index contributed by atoms with van der Waals surface area (Å²) >= 11 is 0. The fourth-order valence-corrected chi connectivity index (χ4v) is 2.52. The molecule has 0 radical (unpaired) electrons. The summed E-state index contributed by atoms with van der Waals surface area (Å²) in [5.74, 6) is -1.52. The predicted octanol–water partition coefficient (Wildman–Crippen LogP) is 0.196. The summed E-state index contributed by atoms with van der Waals surface area (Å²) in [7, 11) is -2.04. The molecule has 0 aromatic heterocycles. The van der Waals surface area contributed by atoms with Gasteiger partial charge in [-0.25, -0.2) is 13.1 Å². The Labute approximate surface area is 96.0 Å². The molecule has 2 N–H and O–H groups in total. The van der Waals surface area contributed by atoms with Gasteiger partial charge in [-0.2, -0.15) is 0 Å². The van der Waals surface area contributed by atoms with Gasteiger partial charge in [0.1, 0.15) is 0 Å². The van der Waals surface area contributed by atoms with Crippen LogP contribution in [0.2, 0.25) is 0 Å². The van der Waals surface area contributed by atoms with Crippen LogP contribution in [0.25, 0.3) is 0 Å². The van der Waals surface area contributed by atoms with Crippen LogP contribution < -0.4 is 4.72 Å². The molecule has 0 aromatic carbocycles. The molecular formula is C9H19NO5S. The van der Waals surface area contributed by atoms with E-state index in [4.69, 9.17) is 9.84 Å². The molecule has 0 amide bonds. The normalized spacial score (nSPS) is 13.6. The Kier molecular flexibility index (Phi) is 7.27. The van der Waals surface area contributed by atoms with Crippen molar-refractivity contribution in [3.63, 3.8) is 0 Å². The molecule has 1 unspecified atom stereocenters. The SMILES string of the molecule is CCCC(COC)NS(=O)(=O)CCC(=O)O. The van der Waals surface area contributed by atoms with E-state index in [1.165, 1.54) is 7.11 Å². The Bertz CT molecular complexity index is 295. The standard InChI is InChI=1S/C9H19NO5S/c1-3-4-8(7-15-2)10-16(13,14)6-5-9(11)12/h8,10H,3-7H2,1-2H3,(H,11,12). The molecule has 1 atom stereocenters. The molecule has 7 heteroatoms. The first-order valence-electron chi connectivity index (χ1n) is 5.12. The third kappa shape index (κ3) is 7.61. The Morgan fingerprint density at radius 3 is 2.56 bits per heavy atom. The minimum absolute atomic E-state index is 0.284. The van der Waals surface area contributed by atoms with Crippen LogP contribution in [0, 0.1) is 0 Å². The lowest BCUT2D eigenvalue weighted by molar-refractivity contribution is -0.136. The van der Waals surface area contributed by atoms with Crippen molar-refractivity contribution in [2.75, 3.05) is 19.5 Å². The number of carboxylic acid groups (broad SMARTS) is 1. The van der Waals surface area contributed by atoms with Crippen LogP contribution in [0.3, 0.4) is 0 Å². The quantitative estimate of drug-likeness (QED) is 0.612. The van der Waals surface area contributed by atoms with Crippen LogP contribution in [0.4, 0.5) is 0 Å². The Balaban J connectivity index is 4.23. The van der Waals surface area contributed by atoms with E-state index in [2.05, 4.69) is 4.72 Å². The molecule has 0 aliphatic carbocycles. The molecule has 96 valence electrons.